The lowest BCUT2D eigenvalue weighted by Crippen LogP contribution is -2.05. The van der Waals surface area contributed by atoms with E-state index in [9.17, 15) is 8.78 Å². The summed E-state index contributed by atoms with van der Waals surface area (Å²) in [5.74, 6) is -1.42. The summed E-state index contributed by atoms with van der Waals surface area (Å²) in [4.78, 5) is 0. The maximum Gasteiger partial charge on any atom is 0.151 e. The molecule has 0 saturated heterocycles. The number of rotatable bonds is 3. The van der Waals surface area contributed by atoms with E-state index < -0.39 is 11.6 Å². The van der Waals surface area contributed by atoms with Gasteiger partial charge in [0.2, 0.25) is 0 Å². The van der Waals surface area contributed by atoms with Crippen molar-refractivity contribution in [3.63, 3.8) is 0 Å². The Bertz CT molecular complexity index is 459. The first-order valence-electron chi connectivity index (χ1n) is 4.63. The summed E-state index contributed by atoms with van der Waals surface area (Å²) in [6.45, 7) is 0.262. The first-order valence-corrected chi connectivity index (χ1v) is 4.63. The maximum atomic E-state index is 13.3. The molecule has 0 spiro atoms. The van der Waals surface area contributed by atoms with Crippen molar-refractivity contribution < 1.29 is 8.78 Å². The number of hydrogen-bond donors (Lipinski definition) is 3. The molecule has 1 heterocycles. The fraction of sp³-hybridized carbons (Fsp3) is 0.100. The third-order valence-electron chi connectivity index (χ3n) is 2.08. The number of nitrogens with two attached hydrogens (primary N) is 1. The third-order valence-corrected chi connectivity index (χ3v) is 2.08. The Labute approximate surface area is 90.5 Å². The summed E-state index contributed by atoms with van der Waals surface area (Å²) in [6, 6.07) is 3.84. The van der Waals surface area contributed by atoms with Crippen molar-refractivity contribution in [2.75, 3.05) is 11.1 Å². The lowest BCUT2D eigenvalue weighted by molar-refractivity contribution is 0.589. The molecule has 0 atom stereocenters. The van der Waals surface area contributed by atoms with Gasteiger partial charge >= 0.3 is 0 Å². The Kier molecular flexibility index (Phi) is 2.72. The van der Waals surface area contributed by atoms with E-state index in [-0.39, 0.29) is 17.9 Å². The minimum atomic E-state index is -0.711. The van der Waals surface area contributed by atoms with Crippen LogP contribution in [0, 0.1) is 11.6 Å². The summed E-state index contributed by atoms with van der Waals surface area (Å²) >= 11 is 0. The van der Waals surface area contributed by atoms with Crippen molar-refractivity contribution in [1.82, 2.24) is 10.2 Å². The summed E-state index contributed by atoms with van der Waals surface area (Å²) < 4.78 is 26.7. The van der Waals surface area contributed by atoms with E-state index in [1.807, 2.05) is 0 Å². The van der Waals surface area contributed by atoms with Crippen LogP contribution in [0.3, 0.4) is 0 Å². The highest BCUT2D eigenvalue weighted by atomic mass is 19.1. The largest absolute Gasteiger partial charge is 0.399 e. The van der Waals surface area contributed by atoms with Gasteiger partial charge in [0.05, 0.1) is 12.2 Å². The highest BCUT2D eigenvalue weighted by molar-refractivity contribution is 5.54. The van der Waals surface area contributed by atoms with Crippen molar-refractivity contribution in [3.8, 4) is 0 Å². The zero-order chi connectivity index (χ0) is 11.5. The Morgan fingerprint density at radius 2 is 2.00 bits per heavy atom. The van der Waals surface area contributed by atoms with Crippen LogP contribution in [0.25, 0.3) is 0 Å². The smallest absolute Gasteiger partial charge is 0.151 e. The molecule has 0 amide bonds. The molecule has 4 N–H and O–H groups in total. The molecule has 0 radical (unpaired) electrons. The Morgan fingerprint density at radius 1 is 1.31 bits per heavy atom. The van der Waals surface area contributed by atoms with Gasteiger partial charge in [-0.1, -0.05) is 0 Å². The van der Waals surface area contributed by atoms with E-state index in [0.717, 1.165) is 17.8 Å². The maximum absolute atomic E-state index is 13.3. The van der Waals surface area contributed by atoms with Gasteiger partial charge in [-0.05, 0) is 18.2 Å². The number of nitrogens with one attached hydrogen (secondary N) is 2. The van der Waals surface area contributed by atoms with Gasteiger partial charge in [-0.2, -0.15) is 5.10 Å². The molecule has 84 valence electrons. The van der Waals surface area contributed by atoms with E-state index >= 15 is 0 Å². The van der Waals surface area contributed by atoms with E-state index in [1.54, 1.807) is 12.3 Å². The predicted octanol–water partition coefficient (Wildman–Crippen LogP) is 1.88. The molecule has 0 fully saturated rings. The molecule has 6 heteroatoms. The van der Waals surface area contributed by atoms with Gasteiger partial charge < -0.3 is 11.1 Å². The van der Waals surface area contributed by atoms with Gasteiger partial charge in [-0.15, -0.1) is 0 Å². The first kappa shape index (κ1) is 10.4. The average Bonchev–Trinajstić information content (AvgIpc) is 2.68. The molecule has 2 rings (SSSR count). The highest BCUT2D eigenvalue weighted by Gasteiger charge is 2.09. The normalized spacial score (nSPS) is 10.4. The number of benzene rings is 1. The number of aromatic amines is 1. The molecule has 0 aliphatic carbocycles. The summed E-state index contributed by atoms with van der Waals surface area (Å²) in [5.41, 5.74) is 5.89. The third kappa shape index (κ3) is 2.10. The molecule has 0 saturated carbocycles. The molecular weight excluding hydrogens is 214 g/mol. The molecule has 2 aromatic rings. The van der Waals surface area contributed by atoms with Crippen LogP contribution < -0.4 is 11.1 Å². The number of hydrogen-bond acceptors (Lipinski definition) is 3. The number of nitrogens with zero attached hydrogens (tertiary/aromatic N) is 1. The van der Waals surface area contributed by atoms with Gasteiger partial charge in [-0.3, -0.25) is 5.10 Å². The van der Waals surface area contributed by atoms with Crippen molar-refractivity contribution in [3.05, 3.63) is 41.7 Å². The van der Waals surface area contributed by atoms with Gasteiger partial charge in [0, 0.05) is 11.9 Å². The number of nitrogen functional groups attached to an aromatic ring is 1. The Hall–Kier alpha value is -2.11. The van der Waals surface area contributed by atoms with Gasteiger partial charge in [-0.25, -0.2) is 8.78 Å². The Balaban J connectivity index is 2.15. The molecule has 16 heavy (non-hydrogen) atoms. The van der Waals surface area contributed by atoms with Crippen LogP contribution in [0.4, 0.5) is 20.2 Å². The molecular formula is C10H10F2N4. The quantitative estimate of drug-likeness (QED) is 0.697. The van der Waals surface area contributed by atoms with Crippen LogP contribution in [-0.2, 0) is 6.54 Å². The second-order valence-electron chi connectivity index (χ2n) is 3.29. The minimum Gasteiger partial charge on any atom is -0.399 e. The molecule has 1 aromatic carbocycles. The molecule has 4 nitrogen and oxygen atoms in total. The lowest BCUT2D eigenvalue weighted by atomic mass is 10.2. The second kappa shape index (κ2) is 4.18. The molecule has 0 bridgehead atoms. The molecule has 1 aromatic heterocycles. The summed E-state index contributed by atoms with van der Waals surface area (Å²) in [5, 5.41) is 9.03. The predicted molar refractivity (Wildman–Crippen MR) is 56.7 cm³/mol. The summed E-state index contributed by atoms with van der Waals surface area (Å²) in [6.07, 6.45) is 1.56. The van der Waals surface area contributed by atoms with Gasteiger partial charge in [0.1, 0.15) is 5.69 Å². The highest BCUT2D eigenvalue weighted by Crippen LogP contribution is 2.22. The first-order chi connectivity index (χ1) is 7.66. The monoisotopic (exact) mass is 224 g/mol. The SMILES string of the molecule is Nc1cc(F)c(NCc2ccn[nH]2)c(F)c1. The standard InChI is InChI=1S/C10H10F2N4/c11-8-3-6(13)4-9(12)10(8)14-5-7-1-2-15-16-7/h1-4,14H,5,13H2,(H,15,16). The molecule has 0 unspecified atom stereocenters. The molecule has 0 aliphatic rings. The fourth-order valence-electron chi connectivity index (χ4n) is 1.33. The van der Waals surface area contributed by atoms with Crippen molar-refractivity contribution >= 4 is 11.4 Å². The average molecular weight is 224 g/mol. The van der Waals surface area contributed by atoms with Crippen molar-refractivity contribution in [2.24, 2.45) is 0 Å². The molecule has 0 aliphatic heterocycles. The number of halogens is 2. The van der Waals surface area contributed by atoms with Gasteiger partial charge in [0.25, 0.3) is 0 Å². The fourth-order valence-corrected chi connectivity index (χ4v) is 1.33. The van der Waals surface area contributed by atoms with Crippen LogP contribution in [-0.4, -0.2) is 10.2 Å². The van der Waals surface area contributed by atoms with Crippen LogP contribution in [0.2, 0.25) is 0 Å². The van der Waals surface area contributed by atoms with Crippen LogP contribution >= 0.6 is 0 Å². The Morgan fingerprint density at radius 3 is 2.56 bits per heavy atom. The van der Waals surface area contributed by atoms with E-state index in [0.29, 0.717) is 0 Å². The van der Waals surface area contributed by atoms with E-state index in [1.165, 1.54) is 0 Å². The number of H-pyrrole nitrogens is 1. The lowest BCUT2D eigenvalue weighted by Gasteiger charge is -2.08. The van der Waals surface area contributed by atoms with E-state index in [2.05, 4.69) is 15.5 Å². The summed E-state index contributed by atoms with van der Waals surface area (Å²) in [7, 11) is 0. The minimum absolute atomic E-state index is 0.0575. The second-order valence-corrected chi connectivity index (χ2v) is 3.29. The van der Waals surface area contributed by atoms with Gasteiger partial charge in [0.15, 0.2) is 11.6 Å². The number of anilines is 2. The number of aromatic nitrogens is 2. The zero-order valence-electron chi connectivity index (χ0n) is 8.30. The zero-order valence-corrected chi connectivity index (χ0v) is 8.30. The van der Waals surface area contributed by atoms with Crippen LogP contribution in [0.1, 0.15) is 5.69 Å². The van der Waals surface area contributed by atoms with Crippen LogP contribution in [0.15, 0.2) is 24.4 Å². The van der Waals surface area contributed by atoms with Crippen LogP contribution in [0.5, 0.6) is 0 Å². The van der Waals surface area contributed by atoms with Crippen molar-refractivity contribution in [2.45, 2.75) is 6.54 Å². The topological polar surface area (TPSA) is 66.7 Å². The van der Waals surface area contributed by atoms with Crippen molar-refractivity contribution in [1.29, 1.82) is 0 Å². The van der Waals surface area contributed by atoms with E-state index in [4.69, 9.17) is 5.73 Å².